The molecular weight excluding hydrogens is 269 g/mol. The third-order valence-corrected chi connectivity index (χ3v) is 2.89. The second-order valence-corrected chi connectivity index (χ2v) is 4.26. The molecule has 4 nitrogen and oxygen atoms in total. The number of hydrogen-bond donors (Lipinski definition) is 2. The first-order valence-electron chi connectivity index (χ1n) is 5.50. The summed E-state index contributed by atoms with van der Waals surface area (Å²) in [7, 11) is 0. The minimum atomic E-state index is -0.420. The van der Waals surface area contributed by atoms with E-state index in [0.717, 1.165) is 0 Å². The van der Waals surface area contributed by atoms with E-state index in [2.05, 4.69) is 10.3 Å². The zero-order chi connectivity index (χ0) is 13.8. The number of anilines is 1. The summed E-state index contributed by atoms with van der Waals surface area (Å²) in [6.45, 7) is 0.187. The molecule has 6 heteroatoms. The fourth-order valence-corrected chi connectivity index (χ4v) is 1.78. The molecule has 2 aromatic rings. The SMILES string of the molecule is Nc1ncccc1C(=O)NCc1ccc(F)cc1Cl. The van der Waals surface area contributed by atoms with Gasteiger partial charge >= 0.3 is 0 Å². The Bertz CT molecular complexity index is 619. The summed E-state index contributed by atoms with van der Waals surface area (Å²) >= 11 is 5.86. The van der Waals surface area contributed by atoms with E-state index < -0.39 is 5.82 Å². The number of benzene rings is 1. The van der Waals surface area contributed by atoms with Crippen LogP contribution in [0.1, 0.15) is 15.9 Å². The summed E-state index contributed by atoms with van der Waals surface area (Å²) in [6.07, 6.45) is 1.50. The maximum Gasteiger partial charge on any atom is 0.255 e. The second-order valence-electron chi connectivity index (χ2n) is 3.85. The van der Waals surface area contributed by atoms with Crippen LogP contribution in [0.15, 0.2) is 36.5 Å². The van der Waals surface area contributed by atoms with Gasteiger partial charge in [-0.2, -0.15) is 0 Å². The number of rotatable bonds is 3. The predicted octanol–water partition coefficient (Wildman–Crippen LogP) is 2.39. The van der Waals surface area contributed by atoms with Crippen LogP contribution in [0.2, 0.25) is 5.02 Å². The van der Waals surface area contributed by atoms with Gasteiger partial charge in [-0.25, -0.2) is 9.37 Å². The Kier molecular flexibility index (Phi) is 3.97. The van der Waals surface area contributed by atoms with Crippen molar-refractivity contribution >= 4 is 23.3 Å². The second kappa shape index (κ2) is 5.67. The van der Waals surface area contributed by atoms with Crippen LogP contribution in [0.4, 0.5) is 10.2 Å². The lowest BCUT2D eigenvalue weighted by atomic mass is 10.2. The van der Waals surface area contributed by atoms with Gasteiger partial charge in [-0.15, -0.1) is 0 Å². The van der Waals surface area contributed by atoms with E-state index in [-0.39, 0.29) is 23.3 Å². The van der Waals surface area contributed by atoms with Gasteiger partial charge in [0.15, 0.2) is 0 Å². The van der Waals surface area contributed by atoms with Crippen LogP contribution in [-0.4, -0.2) is 10.9 Å². The van der Waals surface area contributed by atoms with Crippen LogP contribution < -0.4 is 11.1 Å². The largest absolute Gasteiger partial charge is 0.383 e. The molecule has 1 aromatic heterocycles. The molecule has 1 heterocycles. The molecule has 0 fully saturated rings. The van der Waals surface area contributed by atoms with Gasteiger partial charge in [0.1, 0.15) is 11.6 Å². The summed E-state index contributed by atoms with van der Waals surface area (Å²) in [5.74, 6) is -0.618. The molecule has 0 radical (unpaired) electrons. The van der Waals surface area contributed by atoms with E-state index in [9.17, 15) is 9.18 Å². The average molecular weight is 280 g/mol. The minimum absolute atomic E-state index is 0.158. The summed E-state index contributed by atoms with van der Waals surface area (Å²) in [5, 5.41) is 2.91. The zero-order valence-corrected chi connectivity index (χ0v) is 10.6. The van der Waals surface area contributed by atoms with Crippen molar-refractivity contribution in [1.29, 1.82) is 0 Å². The van der Waals surface area contributed by atoms with Crippen molar-refractivity contribution in [2.45, 2.75) is 6.54 Å². The maximum absolute atomic E-state index is 12.9. The van der Waals surface area contributed by atoms with E-state index in [1.807, 2.05) is 0 Å². The first-order valence-corrected chi connectivity index (χ1v) is 5.88. The van der Waals surface area contributed by atoms with Crippen LogP contribution in [-0.2, 0) is 6.54 Å². The van der Waals surface area contributed by atoms with E-state index >= 15 is 0 Å². The number of nitrogens with one attached hydrogen (secondary N) is 1. The molecule has 1 aromatic carbocycles. The molecule has 0 aliphatic carbocycles. The lowest BCUT2D eigenvalue weighted by Gasteiger charge is -2.08. The van der Waals surface area contributed by atoms with Crippen LogP contribution in [0.25, 0.3) is 0 Å². The van der Waals surface area contributed by atoms with Crippen molar-refractivity contribution in [2.24, 2.45) is 0 Å². The minimum Gasteiger partial charge on any atom is -0.383 e. The first kappa shape index (κ1) is 13.3. The van der Waals surface area contributed by atoms with E-state index in [0.29, 0.717) is 11.1 Å². The first-order chi connectivity index (χ1) is 9.08. The Morgan fingerprint density at radius 1 is 1.42 bits per heavy atom. The molecule has 3 N–H and O–H groups in total. The Balaban J connectivity index is 2.07. The zero-order valence-electron chi connectivity index (χ0n) is 9.86. The molecule has 0 atom stereocenters. The Morgan fingerprint density at radius 3 is 2.89 bits per heavy atom. The highest BCUT2D eigenvalue weighted by atomic mass is 35.5. The van der Waals surface area contributed by atoms with Gasteiger partial charge in [0.2, 0.25) is 0 Å². The van der Waals surface area contributed by atoms with E-state index in [4.69, 9.17) is 17.3 Å². The highest BCUT2D eigenvalue weighted by Crippen LogP contribution is 2.17. The van der Waals surface area contributed by atoms with Gasteiger partial charge in [-0.3, -0.25) is 4.79 Å². The molecule has 98 valence electrons. The topological polar surface area (TPSA) is 68.0 Å². The lowest BCUT2D eigenvalue weighted by molar-refractivity contribution is 0.0951. The van der Waals surface area contributed by atoms with Crippen molar-refractivity contribution in [1.82, 2.24) is 10.3 Å². The molecule has 0 spiro atoms. The number of nitrogen functional groups attached to an aromatic ring is 1. The molecule has 0 saturated heterocycles. The fraction of sp³-hybridized carbons (Fsp3) is 0.0769. The average Bonchev–Trinajstić information content (AvgIpc) is 2.38. The monoisotopic (exact) mass is 279 g/mol. The molecule has 0 bridgehead atoms. The molecule has 1 amide bonds. The van der Waals surface area contributed by atoms with Gasteiger partial charge in [0.25, 0.3) is 5.91 Å². The van der Waals surface area contributed by atoms with Gasteiger partial charge in [0, 0.05) is 17.8 Å². The standard InChI is InChI=1S/C13H11ClFN3O/c14-11-6-9(15)4-3-8(11)7-18-13(19)10-2-1-5-17-12(10)16/h1-6H,7H2,(H2,16,17)(H,18,19). The van der Waals surface area contributed by atoms with Gasteiger partial charge in [-0.05, 0) is 29.8 Å². The third kappa shape index (κ3) is 3.20. The molecule has 0 aliphatic rings. The molecule has 19 heavy (non-hydrogen) atoms. The highest BCUT2D eigenvalue weighted by molar-refractivity contribution is 6.31. The Morgan fingerprint density at radius 2 is 2.21 bits per heavy atom. The van der Waals surface area contributed by atoms with Crippen molar-refractivity contribution in [2.75, 3.05) is 5.73 Å². The Labute approximate surface area is 114 Å². The van der Waals surface area contributed by atoms with Crippen LogP contribution in [0.3, 0.4) is 0 Å². The van der Waals surface area contributed by atoms with Crippen LogP contribution in [0.5, 0.6) is 0 Å². The smallest absolute Gasteiger partial charge is 0.255 e. The number of halogens is 2. The summed E-state index contributed by atoms with van der Waals surface area (Å²) in [6, 6.07) is 7.19. The predicted molar refractivity (Wildman–Crippen MR) is 71.2 cm³/mol. The number of aromatic nitrogens is 1. The molecule has 0 unspecified atom stereocenters. The van der Waals surface area contributed by atoms with Crippen LogP contribution in [0, 0.1) is 5.82 Å². The van der Waals surface area contributed by atoms with Gasteiger partial charge in [0.05, 0.1) is 5.56 Å². The van der Waals surface area contributed by atoms with Crippen molar-refractivity contribution in [3.63, 3.8) is 0 Å². The van der Waals surface area contributed by atoms with E-state index in [1.54, 1.807) is 12.1 Å². The van der Waals surface area contributed by atoms with Gasteiger partial charge in [-0.1, -0.05) is 17.7 Å². The van der Waals surface area contributed by atoms with Crippen molar-refractivity contribution in [3.8, 4) is 0 Å². The normalized spacial score (nSPS) is 10.2. The fourth-order valence-electron chi connectivity index (χ4n) is 1.55. The summed E-state index contributed by atoms with van der Waals surface area (Å²) in [4.78, 5) is 15.7. The summed E-state index contributed by atoms with van der Waals surface area (Å²) in [5.41, 5.74) is 6.51. The third-order valence-electron chi connectivity index (χ3n) is 2.54. The number of hydrogen-bond acceptors (Lipinski definition) is 3. The lowest BCUT2D eigenvalue weighted by Crippen LogP contribution is -2.24. The molecule has 2 rings (SSSR count). The Hall–Kier alpha value is -2.14. The van der Waals surface area contributed by atoms with Crippen molar-refractivity contribution in [3.05, 3.63) is 58.5 Å². The quantitative estimate of drug-likeness (QED) is 0.906. The molecule has 0 aliphatic heterocycles. The number of carbonyl (C=O) groups is 1. The van der Waals surface area contributed by atoms with Gasteiger partial charge < -0.3 is 11.1 Å². The molecule has 0 saturated carbocycles. The number of nitrogens with two attached hydrogens (primary N) is 1. The maximum atomic E-state index is 12.9. The van der Waals surface area contributed by atoms with Crippen LogP contribution >= 0.6 is 11.6 Å². The number of pyridine rings is 1. The van der Waals surface area contributed by atoms with E-state index in [1.165, 1.54) is 24.4 Å². The number of amides is 1. The van der Waals surface area contributed by atoms with Crippen molar-refractivity contribution < 1.29 is 9.18 Å². The summed E-state index contributed by atoms with van der Waals surface area (Å²) < 4.78 is 12.9. The highest BCUT2D eigenvalue weighted by Gasteiger charge is 2.10. The number of nitrogens with zero attached hydrogens (tertiary/aromatic N) is 1. The number of carbonyl (C=O) groups excluding carboxylic acids is 1. The molecular formula is C13H11ClFN3O.